The Morgan fingerprint density at radius 1 is 0.933 bits per heavy atom. The van der Waals surface area contributed by atoms with Gasteiger partial charge in [0.1, 0.15) is 0 Å². The first-order valence-electron chi connectivity index (χ1n) is 9.49. The minimum atomic E-state index is -1.18. The maximum atomic E-state index is 11.0. The van der Waals surface area contributed by atoms with E-state index in [1.54, 1.807) is 24.3 Å². The predicted octanol–water partition coefficient (Wildman–Crippen LogP) is 4.83. The van der Waals surface area contributed by atoms with E-state index in [9.17, 15) is 9.90 Å². The van der Waals surface area contributed by atoms with Gasteiger partial charge in [0, 0.05) is 23.2 Å². The molecule has 4 nitrogen and oxygen atoms in total. The monoisotopic (exact) mass is 481 g/mol. The second-order valence-electron chi connectivity index (χ2n) is 7.27. The number of nitrogens with one attached hydrogen (secondary N) is 1. The number of aromatic carboxylic acids is 1. The van der Waals surface area contributed by atoms with Gasteiger partial charge in [-0.05, 0) is 78.1 Å². The van der Waals surface area contributed by atoms with Gasteiger partial charge in [0.25, 0.3) is 0 Å². The van der Waals surface area contributed by atoms with Crippen LogP contribution in [0.15, 0.2) is 71.2 Å². The number of benzene rings is 3. The van der Waals surface area contributed by atoms with E-state index >= 15 is 0 Å². The molecule has 0 atom stereocenters. The number of thiocarbonyl (C=S) groups is 1. The fourth-order valence-corrected chi connectivity index (χ4v) is 3.74. The third-order valence-electron chi connectivity index (χ3n) is 4.61. The molecule has 1 N–H and O–H groups in total. The average Bonchev–Trinajstić information content (AvgIpc) is 2.68. The zero-order valence-corrected chi connectivity index (χ0v) is 19.2. The molecule has 30 heavy (non-hydrogen) atoms. The lowest BCUT2D eigenvalue weighted by Gasteiger charge is -2.26. The highest BCUT2D eigenvalue weighted by molar-refractivity contribution is 9.10. The van der Waals surface area contributed by atoms with Crippen molar-refractivity contribution in [3.05, 3.63) is 99.0 Å². The predicted molar refractivity (Wildman–Crippen MR) is 126 cm³/mol. The number of carboxylic acids is 1. The van der Waals surface area contributed by atoms with Gasteiger partial charge in [-0.3, -0.25) is 0 Å². The molecule has 0 aromatic heterocycles. The quantitative estimate of drug-likeness (QED) is 0.511. The topological polar surface area (TPSA) is 55.4 Å². The van der Waals surface area contributed by atoms with Crippen LogP contribution in [-0.4, -0.2) is 16.0 Å². The maximum Gasteiger partial charge on any atom is 0.174 e. The van der Waals surface area contributed by atoms with Crippen LogP contribution in [-0.2, 0) is 13.1 Å². The molecular formula is C24H22BrN2O2S-. The summed E-state index contributed by atoms with van der Waals surface area (Å²) in [6, 6.07) is 21.0. The van der Waals surface area contributed by atoms with Crippen molar-refractivity contribution in [2.45, 2.75) is 26.9 Å². The fourth-order valence-electron chi connectivity index (χ4n) is 3.23. The zero-order chi connectivity index (χ0) is 21.7. The van der Waals surface area contributed by atoms with Crippen molar-refractivity contribution in [2.75, 3.05) is 5.32 Å². The van der Waals surface area contributed by atoms with E-state index in [1.165, 1.54) is 0 Å². The number of halogens is 1. The van der Waals surface area contributed by atoms with E-state index in [0.29, 0.717) is 18.2 Å². The van der Waals surface area contributed by atoms with Crippen molar-refractivity contribution < 1.29 is 9.90 Å². The number of nitrogens with zero attached hydrogens (tertiary/aromatic N) is 1. The van der Waals surface area contributed by atoms with Crippen LogP contribution in [0.1, 0.15) is 32.6 Å². The average molecular weight is 482 g/mol. The van der Waals surface area contributed by atoms with Gasteiger partial charge >= 0.3 is 0 Å². The van der Waals surface area contributed by atoms with E-state index in [4.69, 9.17) is 12.2 Å². The Hall–Kier alpha value is -2.70. The number of hydrogen-bond donors (Lipinski definition) is 1. The Bertz CT molecular complexity index is 1030. The van der Waals surface area contributed by atoms with Crippen LogP contribution in [0.5, 0.6) is 0 Å². The van der Waals surface area contributed by atoms with Gasteiger partial charge in [-0.1, -0.05) is 58.4 Å². The largest absolute Gasteiger partial charge is 0.545 e. The van der Waals surface area contributed by atoms with Gasteiger partial charge in [-0.2, -0.15) is 0 Å². The number of carbonyl (C=O) groups excluding carboxylic acids is 1. The van der Waals surface area contributed by atoms with E-state index in [2.05, 4.69) is 70.3 Å². The molecule has 3 aromatic rings. The first-order valence-corrected chi connectivity index (χ1v) is 10.7. The van der Waals surface area contributed by atoms with Crippen molar-refractivity contribution in [3.63, 3.8) is 0 Å². The van der Waals surface area contributed by atoms with Gasteiger partial charge in [0.15, 0.2) is 5.11 Å². The number of carbonyl (C=O) groups is 1. The number of hydrogen-bond acceptors (Lipinski definition) is 3. The zero-order valence-electron chi connectivity index (χ0n) is 16.8. The standard InChI is InChI=1S/C24H23BrN2O2S/c1-16-11-17(2)13-22(12-16)26-24(30)27(15-19-5-9-21(25)10-6-19)14-18-3-7-20(8-4-18)23(28)29/h3-13H,14-15H2,1-2H3,(H,26,30)(H,28,29)/p-1. The lowest BCUT2D eigenvalue weighted by atomic mass is 10.1. The molecule has 0 aliphatic carbocycles. The van der Waals surface area contributed by atoms with Crippen LogP contribution < -0.4 is 10.4 Å². The lowest BCUT2D eigenvalue weighted by Crippen LogP contribution is -2.34. The molecule has 0 heterocycles. The van der Waals surface area contributed by atoms with E-state index in [0.717, 1.165) is 32.4 Å². The molecule has 0 unspecified atom stereocenters. The summed E-state index contributed by atoms with van der Waals surface area (Å²) in [5, 5.41) is 15.0. The fraction of sp³-hybridized carbons (Fsp3) is 0.167. The minimum Gasteiger partial charge on any atom is -0.545 e. The van der Waals surface area contributed by atoms with Crippen molar-refractivity contribution in [1.29, 1.82) is 0 Å². The molecule has 3 rings (SSSR count). The Morgan fingerprint density at radius 2 is 1.43 bits per heavy atom. The summed E-state index contributed by atoms with van der Waals surface area (Å²) in [4.78, 5) is 13.1. The Balaban J connectivity index is 1.82. The van der Waals surface area contributed by atoms with Crippen LogP contribution >= 0.6 is 28.1 Å². The molecule has 6 heteroatoms. The maximum absolute atomic E-state index is 11.0. The number of rotatable bonds is 6. The normalized spacial score (nSPS) is 10.5. The summed E-state index contributed by atoms with van der Waals surface area (Å²) in [6.07, 6.45) is 0. The molecular weight excluding hydrogens is 460 g/mol. The van der Waals surface area contributed by atoms with Crippen LogP contribution in [0.3, 0.4) is 0 Å². The minimum absolute atomic E-state index is 0.161. The number of anilines is 1. The second kappa shape index (κ2) is 9.87. The highest BCUT2D eigenvalue weighted by atomic mass is 79.9. The molecule has 0 bridgehead atoms. The second-order valence-corrected chi connectivity index (χ2v) is 8.58. The third kappa shape index (κ3) is 6.15. The summed E-state index contributed by atoms with van der Waals surface area (Å²) in [7, 11) is 0. The van der Waals surface area contributed by atoms with Gasteiger partial charge in [-0.15, -0.1) is 0 Å². The van der Waals surface area contributed by atoms with Crippen LogP contribution in [0.25, 0.3) is 0 Å². The van der Waals surface area contributed by atoms with Crippen LogP contribution in [0.2, 0.25) is 0 Å². The Morgan fingerprint density at radius 3 is 1.93 bits per heavy atom. The number of aryl methyl sites for hydroxylation is 2. The van der Waals surface area contributed by atoms with Crippen LogP contribution in [0, 0.1) is 13.8 Å². The molecule has 0 radical (unpaired) electrons. The van der Waals surface area contributed by atoms with E-state index in [1.807, 2.05) is 12.1 Å². The first kappa shape index (κ1) is 22.0. The molecule has 0 spiro atoms. The van der Waals surface area contributed by atoms with Gasteiger partial charge in [0.05, 0.1) is 5.97 Å². The summed E-state index contributed by atoms with van der Waals surface area (Å²) in [6.45, 7) is 5.27. The smallest absolute Gasteiger partial charge is 0.174 e. The van der Waals surface area contributed by atoms with Gasteiger partial charge in [-0.25, -0.2) is 0 Å². The summed E-state index contributed by atoms with van der Waals surface area (Å²) >= 11 is 9.20. The lowest BCUT2D eigenvalue weighted by molar-refractivity contribution is -0.255. The first-order chi connectivity index (χ1) is 14.3. The summed E-state index contributed by atoms with van der Waals surface area (Å²) in [5.41, 5.74) is 5.52. The van der Waals surface area contributed by atoms with Crippen LogP contribution in [0.4, 0.5) is 5.69 Å². The SMILES string of the molecule is Cc1cc(C)cc(NC(=S)N(Cc2ccc(Br)cc2)Cc2ccc(C(=O)[O-])cc2)c1. The molecule has 3 aromatic carbocycles. The highest BCUT2D eigenvalue weighted by Gasteiger charge is 2.13. The third-order valence-corrected chi connectivity index (χ3v) is 5.50. The molecule has 0 saturated heterocycles. The van der Waals surface area contributed by atoms with Crippen molar-refractivity contribution in [1.82, 2.24) is 4.90 Å². The molecule has 154 valence electrons. The molecule has 0 amide bonds. The molecule has 0 fully saturated rings. The Kier molecular flexibility index (Phi) is 7.24. The summed E-state index contributed by atoms with van der Waals surface area (Å²) in [5.74, 6) is -1.18. The van der Waals surface area contributed by atoms with Gasteiger partial charge in [0.2, 0.25) is 0 Å². The molecule has 0 aliphatic rings. The molecule has 0 aliphatic heterocycles. The van der Waals surface area contributed by atoms with Crippen molar-refractivity contribution in [2.24, 2.45) is 0 Å². The van der Waals surface area contributed by atoms with E-state index < -0.39 is 5.97 Å². The molecule has 0 saturated carbocycles. The highest BCUT2D eigenvalue weighted by Crippen LogP contribution is 2.18. The Labute approximate surface area is 190 Å². The summed E-state index contributed by atoms with van der Waals surface area (Å²) < 4.78 is 1.02. The van der Waals surface area contributed by atoms with Gasteiger partial charge < -0.3 is 20.1 Å². The van der Waals surface area contributed by atoms with E-state index in [-0.39, 0.29) is 5.56 Å². The van der Waals surface area contributed by atoms with Crippen molar-refractivity contribution in [3.8, 4) is 0 Å². The number of carboxylic acid groups (broad SMARTS) is 1. The van der Waals surface area contributed by atoms with Crippen molar-refractivity contribution >= 4 is 44.9 Å².